The van der Waals surface area contributed by atoms with E-state index in [1.54, 1.807) is 0 Å². The highest BCUT2D eigenvalue weighted by atomic mass is 14.3. The van der Waals surface area contributed by atoms with Crippen molar-refractivity contribution in [2.75, 3.05) is 0 Å². The van der Waals surface area contributed by atoms with Crippen molar-refractivity contribution in [3.8, 4) is 0 Å². The molecular formula is C15H22. The van der Waals surface area contributed by atoms with E-state index in [1.165, 1.54) is 16.7 Å². The van der Waals surface area contributed by atoms with Crippen molar-refractivity contribution in [1.29, 1.82) is 0 Å². The van der Waals surface area contributed by atoms with Gasteiger partial charge in [0.2, 0.25) is 0 Å². The average molecular weight is 202 g/mol. The Balaban J connectivity index is 3.16. The highest BCUT2D eigenvalue weighted by Gasteiger charge is 2.23. The third kappa shape index (κ3) is 2.50. The number of hydrogen-bond donors (Lipinski definition) is 0. The van der Waals surface area contributed by atoms with Crippen LogP contribution in [0, 0.1) is 6.92 Å². The SMILES string of the molecule is CC/C=C(\C)C(C)(C)c1ccccc1C. The zero-order chi connectivity index (χ0) is 11.5. The van der Waals surface area contributed by atoms with Crippen LogP contribution in [-0.2, 0) is 5.41 Å². The lowest BCUT2D eigenvalue weighted by Crippen LogP contribution is -2.20. The van der Waals surface area contributed by atoms with Gasteiger partial charge in [-0.1, -0.05) is 56.7 Å². The average Bonchev–Trinajstić information content (AvgIpc) is 2.18. The number of allylic oxidation sites excluding steroid dienone is 2. The molecule has 0 heterocycles. The summed E-state index contributed by atoms with van der Waals surface area (Å²) in [7, 11) is 0. The lowest BCUT2D eigenvalue weighted by Gasteiger charge is -2.28. The fraction of sp³-hybridized carbons (Fsp3) is 0.467. The van der Waals surface area contributed by atoms with E-state index >= 15 is 0 Å². The molecule has 0 saturated heterocycles. The molecule has 0 heteroatoms. The van der Waals surface area contributed by atoms with Gasteiger partial charge in [-0.15, -0.1) is 0 Å². The molecular weight excluding hydrogens is 180 g/mol. The monoisotopic (exact) mass is 202 g/mol. The number of benzene rings is 1. The Labute approximate surface area is 94.0 Å². The summed E-state index contributed by atoms with van der Waals surface area (Å²) in [5, 5.41) is 0. The molecule has 0 bridgehead atoms. The van der Waals surface area contributed by atoms with Gasteiger partial charge < -0.3 is 0 Å². The molecule has 0 aliphatic rings. The highest BCUT2D eigenvalue weighted by Crippen LogP contribution is 2.33. The van der Waals surface area contributed by atoms with Crippen molar-refractivity contribution in [2.24, 2.45) is 0 Å². The molecule has 1 aromatic rings. The summed E-state index contributed by atoms with van der Waals surface area (Å²) in [5.41, 5.74) is 4.43. The van der Waals surface area contributed by atoms with Crippen LogP contribution < -0.4 is 0 Å². The molecule has 0 N–H and O–H groups in total. The highest BCUT2D eigenvalue weighted by molar-refractivity contribution is 5.38. The van der Waals surface area contributed by atoms with Crippen LogP contribution in [0.4, 0.5) is 0 Å². The smallest absolute Gasteiger partial charge is 0.0105 e. The van der Waals surface area contributed by atoms with Crippen molar-refractivity contribution >= 4 is 0 Å². The van der Waals surface area contributed by atoms with Crippen LogP contribution in [0.25, 0.3) is 0 Å². The van der Waals surface area contributed by atoms with E-state index in [-0.39, 0.29) is 5.41 Å². The van der Waals surface area contributed by atoms with Crippen LogP contribution in [0.15, 0.2) is 35.9 Å². The molecule has 15 heavy (non-hydrogen) atoms. The summed E-state index contributed by atoms with van der Waals surface area (Å²) in [4.78, 5) is 0. The maximum Gasteiger partial charge on any atom is 0.0105 e. The van der Waals surface area contributed by atoms with E-state index in [2.05, 4.69) is 65.0 Å². The van der Waals surface area contributed by atoms with E-state index < -0.39 is 0 Å². The van der Waals surface area contributed by atoms with E-state index in [1.807, 2.05) is 0 Å². The molecule has 0 spiro atoms. The first-order valence-corrected chi connectivity index (χ1v) is 5.73. The Morgan fingerprint density at radius 3 is 2.40 bits per heavy atom. The van der Waals surface area contributed by atoms with Gasteiger partial charge in [-0.05, 0) is 31.4 Å². The van der Waals surface area contributed by atoms with Gasteiger partial charge >= 0.3 is 0 Å². The summed E-state index contributed by atoms with van der Waals surface area (Å²) in [5.74, 6) is 0. The number of rotatable bonds is 3. The molecule has 0 saturated carbocycles. The minimum atomic E-state index is 0.154. The zero-order valence-electron chi connectivity index (χ0n) is 10.6. The zero-order valence-corrected chi connectivity index (χ0v) is 10.6. The van der Waals surface area contributed by atoms with Gasteiger partial charge in [0.1, 0.15) is 0 Å². The quantitative estimate of drug-likeness (QED) is 0.627. The minimum Gasteiger partial charge on any atom is -0.0850 e. The lowest BCUT2D eigenvalue weighted by molar-refractivity contribution is 0.616. The van der Waals surface area contributed by atoms with E-state index in [9.17, 15) is 0 Å². The van der Waals surface area contributed by atoms with Gasteiger partial charge in [-0.25, -0.2) is 0 Å². The summed E-state index contributed by atoms with van der Waals surface area (Å²) in [6, 6.07) is 8.66. The predicted octanol–water partition coefficient (Wildman–Crippen LogP) is 4.63. The van der Waals surface area contributed by atoms with E-state index in [0.29, 0.717) is 0 Å². The van der Waals surface area contributed by atoms with Crippen LogP contribution >= 0.6 is 0 Å². The van der Waals surface area contributed by atoms with Crippen molar-refractivity contribution in [3.05, 3.63) is 47.0 Å². The van der Waals surface area contributed by atoms with Gasteiger partial charge in [0.25, 0.3) is 0 Å². The molecule has 0 aromatic heterocycles. The Hall–Kier alpha value is -1.04. The van der Waals surface area contributed by atoms with Crippen LogP contribution in [0.3, 0.4) is 0 Å². The van der Waals surface area contributed by atoms with E-state index in [4.69, 9.17) is 0 Å². The van der Waals surface area contributed by atoms with Crippen LogP contribution in [0.1, 0.15) is 45.2 Å². The molecule has 1 rings (SSSR count). The molecule has 0 radical (unpaired) electrons. The number of hydrogen-bond acceptors (Lipinski definition) is 0. The second-order valence-corrected chi connectivity index (χ2v) is 4.74. The van der Waals surface area contributed by atoms with Gasteiger partial charge in [0.15, 0.2) is 0 Å². The second-order valence-electron chi connectivity index (χ2n) is 4.74. The molecule has 0 nitrogen and oxygen atoms in total. The van der Waals surface area contributed by atoms with Crippen LogP contribution in [0.2, 0.25) is 0 Å². The molecule has 0 atom stereocenters. The van der Waals surface area contributed by atoms with Crippen LogP contribution in [0.5, 0.6) is 0 Å². The molecule has 82 valence electrons. The summed E-state index contributed by atoms with van der Waals surface area (Å²) in [6.07, 6.45) is 3.44. The first kappa shape index (κ1) is 12.0. The standard InChI is InChI=1S/C15H22/c1-6-9-13(3)15(4,5)14-11-8-7-10-12(14)2/h7-11H,6H2,1-5H3/b13-9+. The molecule has 0 unspecified atom stereocenters. The Morgan fingerprint density at radius 2 is 1.87 bits per heavy atom. The van der Waals surface area contributed by atoms with Crippen molar-refractivity contribution < 1.29 is 0 Å². The third-order valence-electron chi connectivity index (χ3n) is 3.31. The third-order valence-corrected chi connectivity index (χ3v) is 3.31. The van der Waals surface area contributed by atoms with Crippen LogP contribution in [-0.4, -0.2) is 0 Å². The Kier molecular flexibility index (Phi) is 3.73. The minimum absolute atomic E-state index is 0.154. The summed E-state index contributed by atoms with van der Waals surface area (Å²) < 4.78 is 0. The maximum atomic E-state index is 2.33. The number of aryl methyl sites for hydroxylation is 1. The Bertz CT molecular complexity index is 356. The first-order chi connectivity index (χ1) is 7.00. The fourth-order valence-electron chi connectivity index (χ4n) is 2.05. The predicted molar refractivity (Wildman–Crippen MR) is 68.3 cm³/mol. The molecule has 0 aliphatic carbocycles. The second kappa shape index (κ2) is 4.65. The molecule has 0 amide bonds. The summed E-state index contributed by atoms with van der Waals surface area (Å²) in [6.45, 7) is 11.2. The van der Waals surface area contributed by atoms with E-state index in [0.717, 1.165) is 6.42 Å². The molecule has 0 aliphatic heterocycles. The van der Waals surface area contributed by atoms with Gasteiger partial charge in [-0.3, -0.25) is 0 Å². The maximum absolute atomic E-state index is 2.33. The fourth-order valence-corrected chi connectivity index (χ4v) is 2.05. The van der Waals surface area contributed by atoms with Gasteiger partial charge in [0, 0.05) is 5.41 Å². The van der Waals surface area contributed by atoms with Gasteiger partial charge in [0.05, 0.1) is 0 Å². The normalized spacial score (nSPS) is 13.0. The van der Waals surface area contributed by atoms with Gasteiger partial charge in [-0.2, -0.15) is 0 Å². The van der Waals surface area contributed by atoms with Crippen molar-refractivity contribution in [2.45, 2.75) is 46.5 Å². The molecule has 1 aromatic carbocycles. The largest absolute Gasteiger partial charge is 0.0850 e. The summed E-state index contributed by atoms with van der Waals surface area (Å²) >= 11 is 0. The lowest BCUT2D eigenvalue weighted by atomic mass is 9.76. The first-order valence-electron chi connectivity index (χ1n) is 5.73. The van der Waals surface area contributed by atoms with Crippen molar-refractivity contribution in [1.82, 2.24) is 0 Å². The topological polar surface area (TPSA) is 0 Å². The molecule has 0 fully saturated rings. The van der Waals surface area contributed by atoms with Crippen molar-refractivity contribution in [3.63, 3.8) is 0 Å². The Morgan fingerprint density at radius 1 is 1.27 bits per heavy atom.